The maximum Gasteiger partial charge on any atom is 0.0774 e. The van der Waals surface area contributed by atoms with Gasteiger partial charge in [0.05, 0.1) is 5.60 Å². The molecule has 0 spiro atoms. The number of nitrogens with zero attached hydrogens (tertiary/aromatic N) is 1. The first kappa shape index (κ1) is 12.3. The fourth-order valence-electron chi connectivity index (χ4n) is 3.06. The van der Waals surface area contributed by atoms with E-state index in [1.54, 1.807) is 0 Å². The van der Waals surface area contributed by atoms with Crippen molar-refractivity contribution in [1.29, 1.82) is 0 Å². The Morgan fingerprint density at radius 3 is 2.19 bits per heavy atom. The Morgan fingerprint density at radius 2 is 1.69 bits per heavy atom. The second-order valence-corrected chi connectivity index (χ2v) is 6.02. The van der Waals surface area contributed by atoms with E-state index in [2.05, 4.69) is 24.2 Å². The van der Waals surface area contributed by atoms with Crippen LogP contribution in [-0.2, 0) is 0 Å². The first-order valence-electron chi connectivity index (χ1n) is 6.69. The molecule has 2 fully saturated rings. The molecule has 16 heavy (non-hydrogen) atoms. The van der Waals surface area contributed by atoms with Gasteiger partial charge in [-0.3, -0.25) is 0 Å². The van der Waals surface area contributed by atoms with Gasteiger partial charge in [0, 0.05) is 12.1 Å². The number of aliphatic hydroxyl groups is 1. The summed E-state index contributed by atoms with van der Waals surface area (Å²) < 4.78 is 0. The van der Waals surface area contributed by atoms with E-state index in [4.69, 9.17) is 0 Å². The maximum atomic E-state index is 10.4. The van der Waals surface area contributed by atoms with Crippen LogP contribution in [0.5, 0.6) is 0 Å². The van der Waals surface area contributed by atoms with Gasteiger partial charge in [-0.2, -0.15) is 0 Å². The Kier molecular flexibility index (Phi) is 3.57. The van der Waals surface area contributed by atoms with Crippen LogP contribution < -0.4 is 5.32 Å². The predicted molar refractivity (Wildman–Crippen MR) is 66.6 cm³/mol. The van der Waals surface area contributed by atoms with Crippen molar-refractivity contribution in [2.45, 2.75) is 56.6 Å². The summed E-state index contributed by atoms with van der Waals surface area (Å²) in [7, 11) is 2.06. The quantitative estimate of drug-likeness (QED) is 0.763. The number of likely N-dealkylation sites (tertiary alicyclic amines) is 1. The fourth-order valence-corrected chi connectivity index (χ4v) is 3.06. The summed E-state index contributed by atoms with van der Waals surface area (Å²) >= 11 is 0. The molecular formula is C13H26N2O. The number of hydrogen-bond acceptors (Lipinski definition) is 3. The van der Waals surface area contributed by atoms with Gasteiger partial charge in [-0.05, 0) is 52.7 Å². The lowest BCUT2D eigenvalue weighted by Gasteiger charge is -2.41. The van der Waals surface area contributed by atoms with Crippen molar-refractivity contribution < 1.29 is 5.11 Å². The molecule has 2 N–H and O–H groups in total. The number of piperidine rings is 1. The molecule has 0 amide bonds. The molecule has 2 aliphatic rings. The average Bonchev–Trinajstić information content (AvgIpc) is 2.69. The van der Waals surface area contributed by atoms with Crippen molar-refractivity contribution in [3.8, 4) is 0 Å². The summed E-state index contributed by atoms with van der Waals surface area (Å²) in [5, 5.41) is 13.8. The Balaban J connectivity index is 1.81. The third-order valence-electron chi connectivity index (χ3n) is 4.62. The van der Waals surface area contributed by atoms with Crippen LogP contribution in [0.4, 0.5) is 0 Å². The van der Waals surface area contributed by atoms with Crippen LogP contribution in [0.3, 0.4) is 0 Å². The van der Waals surface area contributed by atoms with Crippen LogP contribution in [0.15, 0.2) is 0 Å². The molecule has 0 aromatic carbocycles. The molecule has 1 aliphatic carbocycles. The van der Waals surface area contributed by atoms with E-state index in [9.17, 15) is 5.11 Å². The molecule has 0 aromatic rings. The van der Waals surface area contributed by atoms with Gasteiger partial charge >= 0.3 is 0 Å². The molecule has 1 aliphatic heterocycles. The van der Waals surface area contributed by atoms with Gasteiger partial charge in [0.25, 0.3) is 0 Å². The molecule has 0 unspecified atom stereocenters. The lowest BCUT2D eigenvalue weighted by atomic mass is 9.89. The summed E-state index contributed by atoms with van der Waals surface area (Å²) in [4.78, 5) is 2.45. The van der Waals surface area contributed by atoms with Crippen LogP contribution in [0, 0.1) is 0 Å². The minimum absolute atomic E-state index is 0.314. The lowest BCUT2D eigenvalue weighted by molar-refractivity contribution is -0.00284. The number of rotatable bonds is 3. The Bertz CT molecular complexity index is 228. The maximum absolute atomic E-state index is 10.4. The highest BCUT2D eigenvalue weighted by molar-refractivity contribution is 4.92. The van der Waals surface area contributed by atoms with Gasteiger partial charge in [-0.1, -0.05) is 12.8 Å². The minimum Gasteiger partial charge on any atom is -0.389 e. The summed E-state index contributed by atoms with van der Waals surface area (Å²) in [6.45, 7) is 5.45. The Hall–Kier alpha value is -0.120. The normalized spacial score (nSPS) is 29.4. The van der Waals surface area contributed by atoms with Gasteiger partial charge in [0.2, 0.25) is 0 Å². The highest BCUT2D eigenvalue weighted by Gasteiger charge is 2.35. The number of β-amino-alcohol motifs (C(OH)–C–C–N with tert-alkyl or cyclic N) is 1. The Morgan fingerprint density at radius 1 is 1.12 bits per heavy atom. The molecule has 3 nitrogen and oxygen atoms in total. The third kappa shape index (κ3) is 2.76. The van der Waals surface area contributed by atoms with Crippen LogP contribution >= 0.6 is 0 Å². The minimum atomic E-state index is -0.368. The smallest absolute Gasteiger partial charge is 0.0774 e. The average molecular weight is 226 g/mol. The number of hydrogen-bond donors (Lipinski definition) is 2. The summed E-state index contributed by atoms with van der Waals surface area (Å²) in [6, 6.07) is 0. The van der Waals surface area contributed by atoms with Crippen molar-refractivity contribution in [3.63, 3.8) is 0 Å². The Labute approximate surface area is 99.2 Å². The predicted octanol–water partition coefficient (Wildman–Crippen LogP) is 1.37. The SMILES string of the molecule is CNC1(C)CCN(CC2(O)CCCC2)CC1. The first-order valence-corrected chi connectivity index (χ1v) is 6.69. The van der Waals surface area contributed by atoms with Crippen LogP contribution in [0.25, 0.3) is 0 Å². The van der Waals surface area contributed by atoms with Crippen molar-refractivity contribution in [2.75, 3.05) is 26.7 Å². The van der Waals surface area contributed by atoms with Crippen LogP contribution in [0.2, 0.25) is 0 Å². The zero-order valence-electron chi connectivity index (χ0n) is 10.8. The molecule has 0 aromatic heterocycles. The van der Waals surface area contributed by atoms with E-state index in [-0.39, 0.29) is 5.60 Å². The van der Waals surface area contributed by atoms with Crippen molar-refractivity contribution in [3.05, 3.63) is 0 Å². The second-order valence-electron chi connectivity index (χ2n) is 6.02. The van der Waals surface area contributed by atoms with Gasteiger partial charge in [0.1, 0.15) is 0 Å². The standard InChI is InChI=1S/C13H26N2O/c1-12(14-2)7-9-15(10-8-12)11-13(16)5-3-4-6-13/h14,16H,3-11H2,1-2H3. The van der Waals surface area contributed by atoms with Crippen LogP contribution in [-0.4, -0.2) is 47.8 Å². The topological polar surface area (TPSA) is 35.5 Å². The van der Waals surface area contributed by atoms with Crippen molar-refractivity contribution >= 4 is 0 Å². The van der Waals surface area contributed by atoms with Crippen LogP contribution in [0.1, 0.15) is 45.4 Å². The van der Waals surface area contributed by atoms with E-state index in [0.29, 0.717) is 5.54 Å². The van der Waals surface area contributed by atoms with E-state index >= 15 is 0 Å². The first-order chi connectivity index (χ1) is 7.55. The molecule has 94 valence electrons. The zero-order valence-corrected chi connectivity index (χ0v) is 10.8. The highest BCUT2D eigenvalue weighted by Crippen LogP contribution is 2.31. The summed E-state index contributed by atoms with van der Waals surface area (Å²) in [5.74, 6) is 0. The van der Waals surface area contributed by atoms with Gasteiger partial charge in [-0.25, -0.2) is 0 Å². The van der Waals surface area contributed by atoms with E-state index in [1.165, 1.54) is 25.7 Å². The van der Waals surface area contributed by atoms with Crippen molar-refractivity contribution in [2.24, 2.45) is 0 Å². The highest BCUT2D eigenvalue weighted by atomic mass is 16.3. The third-order valence-corrected chi connectivity index (χ3v) is 4.62. The monoisotopic (exact) mass is 226 g/mol. The number of nitrogens with one attached hydrogen (secondary N) is 1. The van der Waals surface area contributed by atoms with Crippen molar-refractivity contribution in [1.82, 2.24) is 10.2 Å². The molecule has 1 saturated heterocycles. The van der Waals surface area contributed by atoms with Gasteiger partial charge in [0.15, 0.2) is 0 Å². The molecule has 0 atom stereocenters. The largest absolute Gasteiger partial charge is 0.389 e. The molecule has 0 bridgehead atoms. The summed E-state index contributed by atoms with van der Waals surface area (Å²) in [6.07, 6.45) is 6.82. The van der Waals surface area contributed by atoms with E-state index in [0.717, 1.165) is 32.5 Å². The molecule has 2 rings (SSSR count). The van der Waals surface area contributed by atoms with E-state index < -0.39 is 0 Å². The molecule has 1 saturated carbocycles. The molecule has 1 heterocycles. The van der Waals surface area contributed by atoms with Gasteiger partial charge < -0.3 is 15.3 Å². The second kappa shape index (κ2) is 4.63. The molecule has 0 radical (unpaired) electrons. The summed E-state index contributed by atoms with van der Waals surface area (Å²) in [5.41, 5.74) is -0.0534. The van der Waals surface area contributed by atoms with Gasteiger partial charge in [-0.15, -0.1) is 0 Å². The van der Waals surface area contributed by atoms with E-state index in [1.807, 2.05) is 0 Å². The molecular weight excluding hydrogens is 200 g/mol. The lowest BCUT2D eigenvalue weighted by Crippen LogP contribution is -2.52. The zero-order chi connectivity index (χ0) is 11.6. The fraction of sp³-hybridized carbons (Fsp3) is 1.00. The molecule has 3 heteroatoms.